The topological polar surface area (TPSA) is 75.6 Å². The van der Waals surface area contributed by atoms with E-state index in [0.29, 0.717) is 24.6 Å². The second kappa shape index (κ2) is 10.9. The van der Waals surface area contributed by atoms with Gasteiger partial charge in [0, 0.05) is 18.5 Å². The second-order valence-electron chi connectivity index (χ2n) is 6.88. The van der Waals surface area contributed by atoms with Crippen LogP contribution in [0.25, 0.3) is 0 Å². The molecule has 0 aromatic heterocycles. The van der Waals surface area contributed by atoms with Crippen molar-refractivity contribution in [3.63, 3.8) is 0 Å². The molecule has 0 radical (unpaired) electrons. The zero-order valence-electron chi connectivity index (χ0n) is 15.7. The number of hydrogen-bond acceptors (Lipinski definition) is 4. The first-order valence-electron chi connectivity index (χ1n) is 9.07. The minimum atomic E-state index is -0.871. The fourth-order valence-corrected chi connectivity index (χ4v) is 2.40. The highest BCUT2D eigenvalue weighted by Crippen LogP contribution is 2.15. The number of carbonyl (C=O) groups excluding carboxylic acids is 1. The van der Waals surface area contributed by atoms with Gasteiger partial charge in [0.2, 0.25) is 0 Å². The number of ketones is 1. The number of carboxylic acids is 1. The van der Waals surface area contributed by atoms with Gasteiger partial charge in [-0.15, -0.1) is 0 Å². The Balaban J connectivity index is 2.45. The zero-order chi connectivity index (χ0) is 18.8. The van der Waals surface area contributed by atoms with Gasteiger partial charge in [-0.3, -0.25) is 9.59 Å². The van der Waals surface area contributed by atoms with Crippen LogP contribution in [0.5, 0.6) is 5.75 Å². The number of rotatable bonds is 12. The second-order valence-corrected chi connectivity index (χ2v) is 6.88. The molecule has 0 heterocycles. The summed E-state index contributed by atoms with van der Waals surface area (Å²) >= 11 is 0. The van der Waals surface area contributed by atoms with Crippen molar-refractivity contribution in [3.8, 4) is 5.75 Å². The van der Waals surface area contributed by atoms with E-state index < -0.39 is 12.0 Å². The summed E-state index contributed by atoms with van der Waals surface area (Å²) < 4.78 is 5.64. The molecular formula is C20H31NO4. The number of ether oxygens (including phenoxy) is 1. The van der Waals surface area contributed by atoms with Crippen LogP contribution < -0.4 is 10.1 Å². The molecule has 25 heavy (non-hydrogen) atoms. The molecule has 0 saturated heterocycles. The van der Waals surface area contributed by atoms with Crippen LogP contribution in [-0.4, -0.2) is 36.1 Å². The lowest BCUT2D eigenvalue weighted by atomic mass is 9.99. The summed E-state index contributed by atoms with van der Waals surface area (Å²) in [7, 11) is 0. The van der Waals surface area contributed by atoms with E-state index in [1.165, 1.54) is 0 Å². The maximum absolute atomic E-state index is 12.2. The van der Waals surface area contributed by atoms with Crippen molar-refractivity contribution in [1.82, 2.24) is 5.32 Å². The number of carboxylic acid groups (broad SMARTS) is 1. The predicted octanol–water partition coefficient (Wildman–Crippen LogP) is 3.77. The lowest BCUT2D eigenvalue weighted by Gasteiger charge is -2.19. The van der Waals surface area contributed by atoms with Gasteiger partial charge >= 0.3 is 5.97 Å². The van der Waals surface area contributed by atoms with Gasteiger partial charge in [0.15, 0.2) is 5.78 Å². The third kappa shape index (κ3) is 7.69. The molecule has 0 aliphatic heterocycles. The van der Waals surface area contributed by atoms with E-state index in [4.69, 9.17) is 4.74 Å². The highest BCUT2D eigenvalue weighted by Gasteiger charge is 2.22. The molecule has 2 atom stereocenters. The molecule has 0 amide bonds. The Labute approximate surface area is 150 Å². The lowest BCUT2D eigenvalue weighted by molar-refractivity contribution is -0.140. The van der Waals surface area contributed by atoms with E-state index in [1.54, 1.807) is 24.3 Å². The molecule has 0 saturated carbocycles. The van der Waals surface area contributed by atoms with Crippen molar-refractivity contribution in [3.05, 3.63) is 29.8 Å². The van der Waals surface area contributed by atoms with Crippen LogP contribution in [0.2, 0.25) is 0 Å². The van der Waals surface area contributed by atoms with E-state index in [9.17, 15) is 14.7 Å². The van der Waals surface area contributed by atoms with Gasteiger partial charge in [-0.1, -0.05) is 34.1 Å². The van der Waals surface area contributed by atoms with Crippen molar-refractivity contribution in [2.75, 3.05) is 13.2 Å². The van der Waals surface area contributed by atoms with E-state index in [1.807, 2.05) is 13.8 Å². The molecule has 0 unspecified atom stereocenters. The molecule has 2 N–H and O–H groups in total. The quantitative estimate of drug-likeness (QED) is 0.562. The smallest absolute Gasteiger partial charge is 0.320 e. The van der Waals surface area contributed by atoms with Crippen molar-refractivity contribution >= 4 is 11.8 Å². The summed E-state index contributed by atoms with van der Waals surface area (Å²) in [5.74, 6) is 0.505. The van der Waals surface area contributed by atoms with Gasteiger partial charge in [-0.25, -0.2) is 0 Å². The van der Waals surface area contributed by atoms with Gasteiger partial charge in [0.05, 0.1) is 6.61 Å². The molecule has 0 bridgehead atoms. The molecule has 0 aliphatic rings. The minimum absolute atomic E-state index is 0.00507. The van der Waals surface area contributed by atoms with Gasteiger partial charge in [-0.2, -0.15) is 0 Å². The Bertz CT molecular complexity index is 539. The minimum Gasteiger partial charge on any atom is -0.494 e. The third-order valence-electron chi connectivity index (χ3n) is 4.34. The van der Waals surface area contributed by atoms with Crippen LogP contribution in [0.4, 0.5) is 0 Å². The Morgan fingerprint density at radius 2 is 1.80 bits per heavy atom. The van der Waals surface area contributed by atoms with Crippen LogP contribution >= 0.6 is 0 Å². The molecule has 140 valence electrons. The molecule has 1 aromatic carbocycles. The lowest BCUT2D eigenvalue weighted by Crippen LogP contribution is -2.42. The van der Waals surface area contributed by atoms with Crippen molar-refractivity contribution in [2.45, 2.75) is 53.0 Å². The molecule has 0 fully saturated rings. The molecule has 0 spiro atoms. The first-order chi connectivity index (χ1) is 11.8. The average Bonchev–Trinajstić information content (AvgIpc) is 2.57. The SMILES string of the molecule is CC[C@@H](C)[C@H](NCCC(=O)c1ccc(OCCC(C)C)cc1)C(=O)O. The van der Waals surface area contributed by atoms with Gasteiger partial charge < -0.3 is 15.2 Å². The van der Waals surface area contributed by atoms with E-state index in [0.717, 1.165) is 18.6 Å². The predicted molar refractivity (Wildman–Crippen MR) is 99.2 cm³/mol. The Morgan fingerprint density at radius 1 is 1.16 bits per heavy atom. The van der Waals surface area contributed by atoms with Crippen LogP contribution in [0.1, 0.15) is 57.3 Å². The van der Waals surface area contributed by atoms with Crippen molar-refractivity contribution < 1.29 is 19.4 Å². The highest BCUT2D eigenvalue weighted by atomic mass is 16.5. The summed E-state index contributed by atoms with van der Waals surface area (Å²) in [6, 6.07) is 6.52. The Morgan fingerprint density at radius 3 is 2.32 bits per heavy atom. The molecule has 1 rings (SSSR count). The Hall–Kier alpha value is -1.88. The zero-order valence-corrected chi connectivity index (χ0v) is 15.7. The summed E-state index contributed by atoms with van der Waals surface area (Å²) in [6.07, 6.45) is 2.04. The van der Waals surface area contributed by atoms with Gasteiger partial charge in [-0.05, 0) is 42.5 Å². The maximum Gasteiger partial charge on any atom is 0.320 e. The van der Waals surface area contributed by atoms with Gasteiger partial charge in [0.25, 0.3) is 0 Å². The Kier molecular flexibility index (Phi) is 9.21. The van der Waals surface area contributed by atoms with Gasteiger partial charge in [0.1, 0.15) is 11.8 Å². The third-order valence-corrected chi connectivity index (χ3v) is 4.34. The fraction of sp³-hybridized carbons (Fsp3) is 0.600. The maximum atomic E-state index is 12.2. The number of carbonyl (C=O) groups is 2. The van der Waals surface area contributed by atoms with Crippen LogP contribution in [-0.2, 0) is 4.79 Å². The number of hydrogen-bond donors (Lipinski definition) is 2. The summed E-state index contributed by atoms with van der Waals surface area (Å²) in [6.45, 7) is 9.17. The van der Waals surface area contributed by atoms with Crippen LogP contribution in [0.3, 0.4) is 0 Å². The first kappa shape index (κ1) is 21.2. The average molecular weight is 349 g/mol. The highest BCUT2D eigenvalue weighted by molar-refractivity contribution is 5.96. The number of benzene rings is 1. The van der Waals surface area contributed by atoms with E-state index >= 15 is 0 Å². The molecule has 0 aliphatic carbocycles. The summed E-state index contributed by atoms with van der Waals surface area (Å²) in [5, 5.41) is 12.2. The molecule has 5 nitrogen and oxygen atoms in total. The largest absolute Gasteiger partial charge is 0.494 e. The number of Topliss-reactive ketones (excluding diaryl/α,β-unsaturated/α-hetero) is 1. The normalized spacial score (nSPS) is 13.5. The summed E-state index contributed by atoms with van der Waals surface area (Å²) in [5.41, 5.74) is 0.619. The fourth-order valence-electron chi connectivity index (χ4n) is 2.40. The number of nitrogens with one attached hydrogen (secondary N) is 1. The number of aliphatic carboxylic acids is 1. The van der Waals surface area contributed by atoms with E-state index in [-0.39, 0.29) is 18.1 Å². The monoisotopic (exact) mass is 349 g/mol. The molecule has 1 aromatic rings. The standard InChI is InChI=1S/C20H31NO4/c1-5-15(4)19(20(23)24)21-12-10-18(22)16-6-8-17(9-7-16)25-13-11-14(2)3/h6-9,14-15,19,21H,5,10-13H2,1-4H3,(H,23,24)/t15-,19+/m1/s1. The van der Waals surface area contributed by atoms with Crippen LogP contribution in [0, 0.1) is 11.8 Å². The first-order valence-corrected chi connectivity index (χ1v) is 9.07. The van der Waals surface area contributed by atoms with Crippen molar-refractivity contribution in [2.24, 2.45) is 11.8 Å². The molecular weight excluding hydrogens is 318 g/mol. The van der Waals surface area contributed by atoms with E-state index in [2.05, 4.69) is 19.2 Å². The molecule has 5 heteroatoms. The van der Waals surface area contributed by atoms with Crippen LogP contribution in [0.15, 0.2) is 24.3 Å². The summed E-state index contributed by atoms with van der Waals surface area (Å²) in [4.78, 5) is 23.5. The van der Waals surface area contributed by atoms with Crippen molar-refractivity contribution in [1.29, 1.82) is 0 Å².